The molecule has 6 atom stereocenters. The number of esters is 3. The van der Waals surface area contributed by atoms with Gasteiger partial charge in [-0.05, 0) is 82.8 Å². The summed E-state index contributed by atoms with van der Waals surface area (Å²) in [6, 6.07) is 0. The number of ether oxygens (including phenoxy) is 3. The lowest BCUT2D eigenvalue weighted by Gasteiger charge is -2.43. The van der Waals surface area contributed by atoms with Gasteiger partial charge in [0.1, 0.15) is 12.2 Å². The Morgan fingerprint density at radius 3 is 2.42 bits per heavy atom. The second kappa shape index (κ2) is 13.5. The van der Waals surface area contributed by atoms with Crippen molar-refractivity contribution in [1.82, 2.24) is 9.55 Å². The normalized spacial score (nSPS) is 27.6. The highest BCUT2D eigenvalue weighted by atomic mass is 16.6. The molecule has 1 aromatic rings. The Balaban J connectivity index is 1.95. The molecule has 0 aliphatic heterocycles. The van der Waals surface area contributed by atoms with E-state index in [9.17, 15) is 14.4 Å². The first-order valence-corrected chi connectivity index (χ1v) is 14.3. The Morgan fingerprint density at radius 1 is 1.10 bits per heavy atom. The maximum Gasteiger partial charge on any atom is 0.331 e. The van der Waals surface area contributed by atoms with Crippen LogP contribution in [0.25, 0.3) is 6.08 Å². The molecule has 8 heteroatoms. The van der Waals surface area contributed by atoms with Gasteiger partial charge in [-0.25, -0.2) is 9.78 Å². The van der Waals surface area contributed by atoms with Gasteiger partial charge >= 0.3 is 17.9 Å². The van der Waals surface area contributed by atoms with Crippen LogP contribution in [-0.2, 0) is 35.6 Å². The fourth-order valence-corrected chi connectivity index (χ4v) is 5.73. The number of aromatic nitrogens is 2. The van der Waals surface area contributed by atoms with E-state index >= 15 is 0 Å². The van der Waals surface area contributed by atoms with Gasteiger partial charge in [-0.15, -0.1) is 0 Å². The van der Waals surface area contributed by atoms with Crippen LogP contribution >= 0.6 is 0 Å². The molecule has 0 amide bonds. The van der Waals surface area contributed by atoms with Crippen molar-refractivity contribution in [1.29, 1.82) is 0 Å². The van der Waals surface area contributed by atoms with Crippen LogP contribution in [0, 0.1) is 29.1 Å². The molecule has 3 rings (SSSR count). The number of hydrogen-bond acceptors (Lipinski definition) is 7. The summed E-state index contributed by atoms with van der Waals surface area (Å²) in [6.45, 7) is 13.4. The van der Waals surface area contributed by atoms with E-state index in [0.717, 1.165) is 6.42 Å². The Morgan fingerprint density at radius 2 is 1.82 bits per heavy atom. The topological polar surface area (TPSA) is 96.7 Å². The molecule has 0 saturated heterocycles. The van der Waals surface area contributed by atoms with Gasteiger partial charge in [0.05, 0.1) is 17.4 Å². The Bertz CT molecular complexity index is 1140. The van der Waals surface area contributed by atoms with Crippen LogP contribution in [0.1, 0.15) is 79.8 Å². The van der Waals surface area contributed by atoms with Crippen molar-refractivity contribution in [2.75, 3.05) is 0 Å². The Labute approximate surface area is 238 Å². The second-order valence-electron chi connectivity index (χ2n) is 12.6. The lowest BCUT2D eigenvalue weighted by atomic mass is 9.64. The van der Waals surface area contributed by atoms with Crippen LogP contribution < -0.4 is 0 Å². The zero-order valence-electron chi connectivity index (χ0n) is 25.3. The highest BCUT2D eigenvalue weighted by Gasteiger charge is 2.42. The highest BCUT2D eigenvalue weighted by molar-refractivity contribution is 5.86. The van der Waals surface area contributed by atoms with E-state index in [0.29, 0.717) is 36.8 Å². The summed E-state index contributed by atoms with van der Waals surface area (Å²) in [7, 11) is 1.87. The van der Waals surface area contributed by atoms with Gasteiger partial charge < -0.3 is 18.8 Å². The number of imidazole rings is 1. The van der Waals surface area contributed by atoms with E-state index in [1.54, 1.807) is 18.5 Å². The second-order valence-corrected chi connectivity index (χ2v) is 12.6. The average molecular weight is 555 g/mol. The van der Waals surface area contributed by atoms with E-state index in [2.05, 4.69) is 31.8 Å². The van der Waals surface area contributed by atoms with Crippen LogP contribution in [0.3, 0.4) is 0 Å². The SMILES string of the molecule is CC(=O)O[C@@H]1C=CC[C@@H](OC(=O)C=Cc2cn(C)cn2)C[C@H]2C(C)=CC[C@H](C(C)C)[C@H]2C[C@H]1OC(=O)C(C)(C)C. The molecule has 0 unspecified atom stereocenters. The summed E-state index contributed by atoms with van der Waals surface area (Å²) in [5.41, 5.74) is 1.24. The van der Waals surface area contributed by atoms with Crippen molar-refractivity contribution in [2.45, 2.75) is 92.5 Å². The van der Waals surface area contributed by atoms with E-state index in [4.69, 9.17) is 14.2 Å². The van der Waals surface area contributed by atoms with Crippen molar-refractivity contribution in [3.63, 3.8) is 0 Å². The molecule has 1 heterocycles. The van der Waals surface area contributed by atoms with Gasteiger partial charge in [-0.2, -0.15) is 0 Å². The van der Waals surface area contributed by atoms with Crippen LogP contribution in [0.15, 0.2) is 42.4 Å². The van der Waals surface area contributed by atoms with Gasteiger partial charge in [0.15, 0.2) is 6.10 Å². The first kappa shape index (κ1) is 31.4. The molecule has 1 aromatic heterocycles. The fourth-order valence-electron chi connectivity index (χ4n) is 5.73. The molecule has 0 fully saturated rings. The smallest absolute Gasteiger partial charge is 0.331 e. The van der Waals surface area contributed by atoms with Crippen molar-refractivity contribution < 1.29 is 28.6 Å². The highest BCUT2D eigenvalue weighted by Crippen LogP contribution is 2.45. The third-order valence-corrected chi connectivity index (χ3v) is 7.90. The Hall–Kier alpha value is -3.16. The number of carbonyl (C=O) groups is 3. The number of carbonyl (C=O) groups excluding carboxylic acids is 3. The van der Waals surface area contributed by atoms with E-state index in [-0.39, 0.29) is 23.9 Å². The van der Waals surface area contributed by atoms with Crippen LogP contribution in [0.4, 0.5) is 0 Å². The molecular weight excluding hydrogens is 508 g/mol. The van der Waals surface area contributed by atoms with E-state index in [1.165, 1.54) is 18.6 Å². The van der Waals surface area contributed by atoms with E-state index < -0.39 is 29.6 Å². The predicted octanol–water partition coefficient (Wildman–Crippen LogP) is 5.83. The number of allylic oxidation sites excluding steroid dienone is 2. The molecule has 0 spiro atoms. The molecule has 8 nitrogen and oxygen atoms in total. The van der Waals surface area contributed by atoms with Crippen molar-refractivity contribution in [3.05, 3.63) is 48.1 Å². The molecular formula is C32H46N2O6. The predicted molar refractivity (Wildman–Crippen MR) is 154 cm³/mol. The summed E-state index contributed by atoms with van der Waals surface area (Å²) < 4.78 is 19.6. The number of aryl methyl sites for hydroxylation is 1. The summed E-state index contributed by atoms with van der Waals surface area (Å²) in [5.74, 6) is -0.189. The van der Waals surface area contributed by atoms with Gasteiger partial charge in [-0.1, -0.05) is 31.6 Å². The summed E-state index contributed by atoms with van der Waals surface area (Å²) in [4.78, 5) is 42.2. The van der Waals surface area contributed by atoms with E-state index in [1.807, 2.05) is 44.7 Å². The van der Waals surface area contributed by atoms with Crippen LogP contribution in [0.5, 0.6) is 0 Å². The van der Waals surface area contributed by atoms with Gasteiger partial charge in [0.2, 0.25) is 0 Å². The number of hydrogen-bond donors (Lipinski definition) is 0. The minimum absolute atomic E-state index is 0.124. The molecule has 2 aliphatic rings. The lowest BCUT2D eigenvalue weighted by molar-refractivity contribution is -0.172. The minimum atomic E-state index is -0.734. The quantitative estimate of drug-likeness (QED) is 0.189. The number of nitrogens with zero attached hydrogens (tertiary/aromatic N) is 2. The van der Waals surface area contributed by atoms with Crippen LogP contribution in [0.2, 0.25) is 0 Å². The number of rotatable bonds is 6. The molecule has 0 radical (unpaired) electrons. The monoisotopic (exact) mass is 554 g/mol. The molecule has 220 valence electrons. The lowest BCUT2D eigenvalue weighted by Crippen LogP contribution is -2.43. The third kappa shape index (κ3) is 8.67. The maximum atomic E-state index is 13.0. The molecule has 0 bridgehead atoms. The van der Waals surface area contributed by atoms with Crippen molar-refractivity contribution in [3.8, 4) is 0 Å². The first-order chi connectivity index (χ1) is 18.7. The average Bonchev–Trinajstić information content (AvgIpc) is 3.27. The van der Waals surface area contributed by atoms with Crippen LogP contribution in [-0.4, -0.2) is 45.8 Å². The minimum Gasteiger partial charge on any atom is -0.459 e. The molecule has 2 aliphatic carbocycles. The first-order valence-electron chi connectivity index (χ1n) is 14.3. The summed E-state index contributed by atoms with van der Waals surface area (Å²) >= 11 is 0. The largest absolute Gasteiger partial charge is 0.459 e. The zero-order valence-corrected chi connectivity index (χ0v) is 25.3. The fraction of sp³-hybridized carbons (Fsp3) is 0.625. The maximum absolute atomic E-state index is 13.0. The molecule has 0 N–H and O–H groups in total. The summed E-state index contributed by atoms with van der Waals surface area (Å²) in [5, 5.41) is 0. The molecule has 40 heavy (non-hydrogen) atoms. The van der Waals surface area contributed by atoms with Gasteiger partial charge in [-0.3, -0.25) is 9.59 Å². The third-order valence-electron chi connectivity index (χ3n) is 7.90. The van der Waals surface area contributed by atoms with Gasteiger partial charge in [0, 0.05) is 32.7 Å². The summed E-state index contributed by atoms with van der Waals surface area (Å²) in [6.07, 6.45) is 13.3. The molecule has 0 saturated carbocycles. The molecule has 0 aromatic carbocycles. The van der Waals surface area contributed by atoms with Crippen molar-refractivity contribution in [2.24, 2.45) is 36.1 Å². The standard InChI is InChI=1S/C32H46N2O6/c1-20(2)25-14-12-21(3)26-16-24(39-30(36)15-13-23-18-34(8)19-33-23)10-9-11-28(38-22(4)35)29(17-27(25)26)40-31(37)32(5,6)7/h9,11-13,15,18-20,24-29H,10,14,16-17H2,1-8H3/t24-,25-,26+,27-,28-,29-/m1/s1. The number of fused-ring (bicyclic) bond motifs is 1. The zero-order chi connectivity index (χ0) is 29.6. The van der Waals surface area contributed by atoms with Gasteiger partial charge in [0.25, 0.3) is 0 Å². The van der Waals surface area contributed by atoms with Crippen molar-refractivity contribution >= 4 is 24.0 Å². The Kier molecular flexibility index (Phi) is 10.6.